The quantitative estimate of drug-likeness (QED) is 0.673. The maximum Gasteiger partial charge on any atom is 0.410 e. The van der Waals surface area contributed by atoms with Crippen molar-refractivity contribution < 1.29 is 19.1 Å². The van der Waals surface area contributed by atoms with Gasteiger partial charge in [-0.1, -0.05) is 0 Å². The van der Waals surface area contributed by atoms with Gasteiger partial charge in [-0.2, -0.15) is 0 Å². The first-order valence-electron chi connectivity index (χ1n) is 10.0. The Balaban J connectivity index is 2.81. The van der Waals surface area contributed by atoms with Gasteiger partial charge in [0.05, 0.1) is 0 Å². The van der Waals surface area contributed by atoms with Crippen molar-refractivity contribution >= 4 is 12.2 Å². The molecule has 0 N–H and O–H groups in total. The molecule has 0 radical (unpaired) electrons. The van der Waals surface area contributed by atoms with Crippen LogP contribution in [0.25, 0.3) is 0 Å². The van der Waals surface area contributed by atoms with Gasteiger partial charge in [-0.3, -0.25) is 0 Å². The lowest BCUT2D eigenvalue weighted by molar-refractivity contribution is -0.0563. The molecule has 0 saturated heterocycles. The molecule has 1 rings (SSSR count). The molecule has 0 aromatic heterocycles. The number of ether oxygens (including phenoxy) is 2. The van der Waals surface area contributed by atoms with Crippen LogP contribution in [0.5, 0.6) is 0 Å². The number of amides is 2. The first kappa shape index (κ1) is 22.6. The Kier molecular flexibility index (Phi) is 8.71. The first-order valence-corrected chi connectivity index (χ1v) is 10.0. The molecular formula is C20H38N2O4. The van der Waals surface area contributed by atoms with Gasteiger partial charge < -0.3 is 19.3 Å². The largest absolute Gasteiger partial charge is 0.442 e. The van der Waals surface area contributed by atoms with E-state index in [0.29, 0.717) is 0 Å². The summed E-state index contributed by atoms with van der Waals surface area (Å²) in [5.41, 5.74) is 0. The Morgan fingerprint density at radius 1 is 0.654 bits per heavy atom. The van der Waals surface area contributed by atoms with Gasteiger partial charge in [0.1, 0.15) is 12.2 Å². The average Bonchev–Trinajstić information content (AvgIpc) is 2.47. The number of rotatable bonds is 6. The third-order valence-electron chi connectivity index (χ3n) is 4.79. The third-order valence-corrected chi connectivity index (χ3v) is 4.79. The van der Waals surface area contributed by atoms with Crippen molar-refractivity contribution in [2.45, 2.75) is 117 Å². The molecule has 1 fully saturated rings. The topological polar surface area (TPSA) is 59.1 Å². The fourth-order valence-corrected chi connectivity index (χ4v) is 3.75. The van der Waals surface area contributed by atoms with Crippen molar-refractivity contribution in [3.63, 3.8) is 0 Å². The summed E-state index contributed by atoms with van der Waals surface area (Å²) >= 11 is 0. The van der Waals surface area contributed by atoms with Crippen LogP contribution in [0.4, 0.5) is 9.59 Å². The highest BCUT2D eigenvalue weighted by molar-refractivity contribution is 5.69. The van der Waals surface area contributed by atoms with Crippen LogP contribution in [0, 0.1) is 0 Å². The lowest BCUT2D eigenvalue weighted by atomic mass is 9.94. The van der Waals surface area contributed by atoms with Crippen molar-refractivity contribution in [1.82, 2.24) is 9.80 Å². The molecule has 152 valence electrons. The fraction of sp³-hybridized carbons (Fsp3) is 0.900. The highest BCUT2D eigenvalue weighted by Gasteiger charge is 2.35. The monoisotopic (exact) mass is 370 g/mol. The number of hydrogen-bond donors (Lipinski definition) is 0. The zero-order valence-corrected chi connectivity index (χ0v) is 17.8. The van der Waals surface area contributed by atoms with E-state index in [1.165, 1.54) is 0 Å². The standard InChI is InChI=1S/C20H38N2O4/c1-13(2)21(14(3)4)19(23)25-17-11-9-10-12-18(17)26-20(24)22(15(5)6)16(7)8/h13-18H,9-12H2,1-8H3. The minimum absolute atomic E-state index is 0.0597. The molecule has 26 heavy (non-hydrogen) atoms. The van der Waals surface area contributed by atoms with Gasteiger partial charge in [0.2, 0.25) is 0 Å². The second-order valence-corrected chi connectivity index (χ2v) is 8.32. The molecule has 0 spiro atoms. The molecule has 2 amide bonds. The number of carbonyl (C=O) groups is 2. The van der Waals surface area contributed by atoms with E-state index in [1.54, 1.807) is 9.80 Å². The molecule has 0 aromatic carbocycles. The molecule has 0 bridgehead atoms. The molecule has 1 aliphatic rings. The molecule has 0 aromatic rings. The van der Waals surface area contributed by atoms with Gasteiger partial charge in [0, 0.05) is 24.2 Å². The van der Waals surface area contributed by atoms with Crippen molar-refractivity contribution in [3.05, 3.63) is 0 Å². The Morgan fingerprint density at radius 3 is 1.15 bits per heavy atom. The van der Waals surface area contributed by atoms with Gasteiger partial charge >= 0.3 is 12.2 Å². The molecular weight excluding hydrogens is 332 g/mol. The molecule has 6 nitrogen and oxygen atoms in total. The Morgan fingerprint density at radius 2 is 0.923 bits per heavy atom. The highest BCUT2D eigenvalue weighted by atomic mass is 16.6. The predicted molar refractivity (Wildman–Crippen MR) is 103 cm³/mol. The summed E-state index contributed by atoms with van der Waals surface area (Å²) in [5.74, 6) is 0. The van der Waals surface area contributed by atoms with Crippen molar-refractivity contribution in [2.24, 2.45) is 0 Å². The van der Waals surface area contributed by atoms with Gasteiger partial charge in [-0.15, -0.1) is 0 Å². The minimum Gasteiger partial charge on any atom is -0.442 e. The Bertz CT molecular complexity index is 405. The summed E-state index contributed by atoms with van der Waals surface area (Å²) in [6.45, 7) is 15.8. The normalized spacial score (nSPS) is 20.6. The molecule has 1 saturated carbocycles. The number of nitrogens with zero attached hydrogens (tertiary/aromatic N) is 2. The summed E-state index contributed by atoms with van der Waals surface area (Å²) in [6.07, 6.45) is 2.03. The molecule has 2 unspecified atom stereocenters. The lowest BCUT2D eigenvalue weighted by Gasteiger charge is -2.37. The third kappa shape index (κ3) is 6.06. The molecule has 1 aliphatic carbocycles. The van der Waals surface area contributed by atoms with Crippen LogP contribution in [0.15, 0.2) is 0 Å². The van der Waals surface area contributed by atoms with Gasteiger partial charge in [0.25, 0.3) is 0 Å². The van der Waals surface area contributed by atoms with Crippen LogP contribution in [-0.2, 0) is 9.47 Å². The van der Waals surface area contributed by atoms with E-state index < -0.39 is 0 Å². The van der Waals surface area contributed by atoms with Crippen molar-refractivity contribution in [2.75, 3.05) is 0 Å². The van der Waals surface area contributed by atoms with Crippen LogP contribution in [0.1, 0.15) is 81.1 Å². The van der Waals surface area contributed by atoms with Crippen LogP contribution in [-0.4, -0.2) is 58.4 Å². The molecule has 6 heteroatoms. The minimum atomic E-state index is -0.374. The van der Waals surface area contributed by atoms with E-state index in [4.69, 9.17) is 9.47 Å². The van der Waals surface area contributed by atoms with Gasteiger partial charge in [-0.25, -0.2) is 9.59 Å². The zero-order chi connectivity index (χ0) is 20.0. The highest BCUT2D eigenvalue weighted by Crippen LogP contribution is 2.26. The van der Waals surface area contributed by atoms with Crippen LogP contribution < -0.4 is 0 Å². The van der Waals surface area contributed by atoms with E-state index in [9.17, 15) is 9.59 Å². The summed E-state index contributed by atoms with van der Waals surface area (Å²) in [6, 6.07) is 0.239. The van der Waals surface area contributed by atoms with E-state index >= 15 is 0 Å². The summed E-state index contributed by atoms with van der Waals surface area (Å²) < 4.78 is 11.6. The molecule has 0 heterocycles. The molecule has 2 atom stereocenters. The van der Waals surface area contributed by atoms with Crippen LogP contribution in [0.2, 0.25) is 0 Å². The van der Waals surface area contributed by atoms with E-state index in [1.807, 2.05) is 55.4 Å². The van der Waals surface area contributed by atoms with Crippen LogP contribution in [0.3, 0.4) is 0 Å². The smallest absolute Gasteiger partial charge is 0.410 e. The summed E-state index contributed by atoms with van der Waals surface area (Å²) in [4.78, 5) is 28.7. The van der Waals surface area contributed by atoms with Gasteiger partial charge in [-0.05, 0) is 81.1 Å². The zero-order valence-electron chi connectivity index (χ0n) is 17.8. The Labute approximate surface area is 159 Å². The summed E-state index contributed by atoms with van der Waals surface area (Å²) in [5, 5.41) is 0. The van der Waals surface area contributed by atoms with Crippen molar-refractivity contribution in [1.29, 1.82) is 0 Å². The van der Waals surface area contributed by atoms with E-state index in [0.717, 1.165) is 25.7 Å². The van der Waals surface area contributed by atoms with E-state index in [2.05, 4.69) is 0 Å². The second kappa shape index (κ2) is 10.0. The maximum absolute atomic E-state index is 12.6. The number of carbonyl (C=O) groups excluding carboxylic acids is 2. The fourth-order valence-electron chi connectivity index (χ4n) is 3.75. The average molecular weight is 371 g/mol. The maximum atomic E-state index is 12.6. The first-order chi connectivity index (χ1) is 12.1. The van der Waals surface area contributed by atoms with Gasteiger partial charge in [0.15, 0.2) is 0 Å². The SMILES string of the molecule is CC(C)N(C(=O)OC1CCCCC1OC(=O)N(C(C)C)C(C)C)C(C)C. The van der Waals surface area contributed by atoms with Crippen molar-refractivity contribution in [3.8, 4) is 0 Å². The van der Waals surface area contributed by atoms with Crippen LogP contribution >= 0.6 is 0 Å². The summed E-state index contributed by atoms with van der Waals surface area (Å²) in [7, 11) is 0. The molecule has 0 aliphatic heterocycles. The second-order valence-electron chi connectivity index (χ2n) is 8.32. The van der Waals surface area contributed by atoms with E-state index in [-0.39, 0.29) is 48.6 Å². The lowest BCUT2D eigenvalue weighted by Crippen LogP contribution is -2.49. The predicted octanol–water partition coefficient (Wildman–Crippen LogP) is 4.81. The number of hydrogen-bond acceptors (Lipinski definition) is 4. The Hall–Kier alpha value is -1.46.